The van der Waals surface area contributed by atoms with Crippen molar-refractivity contribution in [3.8, 4) is 11.3 Å². The molecule has 0 spiro atoms. The van der Waals surface area contributed by atoms with Gasteiger partial charge in [0, 0.05) is 10.9 Å². The van der Waals surface area contributed by atoms with E-state index in [-0.39, 0.29) is 0 Å². The van der Waals surface area contributed by atoms with Crippen LogP contribution in [0.25, 0.3) is 11.3 Å². The van der Waals surface area contributed by atoms with Crippen molar-refractivity contribution < 1.29 is 4.79 Å². The molecule has 6 nitrogen and oxygen atoms in total. The van der Waals surface area contributed by atoms with Gasteiger partial charge in [0.05, 0.1) is 6.21 Å². The highest BCUT2D eigenvalue weighted by molar-refractivity contribution is 7.03. The molecular formula is C10H9N5OS. The molecule has 1 aromatic heterocycles. The van der Waals surface area contributed by atoms with Gasteiger partial charge in [-0.05, 0) is 17.1 Å². The molecule has 0 unspecified atom stereocenters. The van der Waals surface area contributed by atoms with Gasteiger partial charge < -0.3 is 5.73 Å². The molecule has 17 heavy (non-hydrogen) atoms. The number of hydrogen-bond acceptors (Lipinski definition) is 5. The van der Waals surface area contributed by atoms with Crippen LogP contribution < -0.4 is 11.2 Å². The third-order valence-corrected chi connectivity index (χ3v) is 2.46. The topological polar surface area (TPSA) is 93.3 Å². The summed E-state index contributed by atoms with van der Waals surface area (Å²) >= 11 is 1.31. The zero-order valence-corrected chi connectivity index (χ0v) is 9.52. The van der Waals surface area contributed by atoms with Crippen molar-refractivity contribution >= 4 is 23.8 Å². The molecule has 0 bridgehead atoms. The maximum Gasteiger partial charge on any atom is 0.332 e. The molecule has 0 atom stereocenters. The fraction of sp³-hybridized carbons (Fsp3) is 0. The maximum absolute atomic E-state index is 10.4. The van der Waals surface area contributed by atoms with Crippen molar-refractivity contribution in [2.24, 2.45) is 10.8 Å². The van der Waals surface area contributed by atoms with Gasteiger partial charge in [-0.2, -0.15) is 5.10 Å². The first kappa shape index (κ1) is 11.2. The molecule has 1 aromatic carbocycles. The number of nitrogens with two attached hydrogens (primary N) is 1. The van der Waals surface area contributed by atoms with E-state index in [0.29, 0.717) is 0 Å². The van der Waals surface area contributed by atoms with E-state index in [1.54, 1.807) is 0 Å². The van der Waals surface area contributed by atoms with Gasteiger partial charge in [-0.1, -0.05) is 28.8 Å². The van der Waals surface area contributed by atoms with Gasteiger partial charge in [-0.15, -0.1) is 5.10 Å². The highest BCUT2D eigenvalue weighted by Gasteiger charge is 1.99. The van der Waals surface area contributed by atoms with Gasteiger partial charge in [0.15, 0.2) is 0 Å². The number of nitrogens with one attached hydrogen (secondary N) is 1. The molecule has 7 heteroatoms. The van der Waals surface area contributed by atoms with Crippen molar-refractivity contribution in [3.63, 3.8) is 0 Å². The minimum Gasteiger partial charge on any atom is -0.350 e. The van der Waals surface area contributed by atoms with E-state index in [4.69, 9.17) is 5.73 Å². The summed E-state index contributed by atoms with van der Waals surface area (Å²) in [5.41, 5.74) is 9.67. The number of urea groups is 1. The summed E-state index contributed by atoms with van der Waals surface area (Å²) in [7, 11) is 0. The Kier molecular flexibility index (Phi) is 3.41. The van der Waals surface area contributed by atoms with Crippen LogP contribution in [0.3, 0.4) is 0 Å². The van der Waals surface area contributed by atoms with E-state index in [2.05, 4.69) is 20.1 Å². The highest BCUT2D eigenvalue weighted by Crippen LogP contribution is 2.17. The third-order valence-electron chi connectivity index (χ3n) is 1.95. The first-order chi connectivity index (χ1) is 8.25. The molecule has 3 N–H and O–H groups in total. The molecular weight excluding hydrogens is 238 g/mol. The lowest BCUT2D eigenvalue weighted by atomic mass is 10.1. The monoisotopic (exact) mass is 247 g/mol. The molecule has 2 rings (SSSR count). The van der Waals surface area contributed by atoms with Crippen LogP contribution in [0.4, 0.5) is 4.79 Å². The number of hydrazone groups is 1. The molecule has 0 aliphatic rings. The van der Waals surface area contributed by atoms with Gasteiger partial charge in [-0.25, -0.2) is 10.2 Å². The van der Waals surface area contributed by atoms with Crippen molar-refractivity contribution in [1.82, 2.24) is 15.0 Å². The Morgan fingerprint density at radius 3 is 2.76 bits per heavy atom. The standard InChI is InChI=1S/C10H9N5OS/c11-10(16)14-12-5-7-1-3-8(4-2-7)9-6-17-15-13-9/h1-6H,(H3,11,14,16). The van der Waals surface area contributed by atoms with E-state index < -0.39 is 6.03 Å². The Morgan fingerprint density at radius 2 is 2.18 bits per heavy atom. The van der Waals surface area contributed by atoms with Crippen molar-refractivity contribution in [1.29, 1.82) is 0 Å². The van der Waals surface area contributed by atoms with Crippen molar-refractivity contribution in [2.45, 2.75) is 0 Å². The lowest BCUT2D eigenvalue weighted by Gasteiger charge is -1.97. The Balaban J connectivity index is 2.08. The predicted molar refractivity (Wildman–Crippen MR) is 65.7 cm³/mol. The Labute approximate surface area is 101 Å². The number of amides is 2. The average molecular weight is 247 g/mol. The molecule has 1 heterocycles. The van der Waals surface area contributed by atoms with Gasteiger partial charge in [0.2, 0.25) is 0 Å². The fourth-order valence-electron chi connectivity index (χ4n) is 1.20. The SMILES string of the molecule is NC(=O)NN=Cc1ccc(-c2csnn2)cc1. The van der Waals surface area contributed by atoms with Gasteiger partial charge >= 0.3 is 6.03 Å². The molecule has 0 aliphatic heterocycles. The van der Waals surface area contributed by atoms with E-state index in [9.17, 15) is 4.79 Å². The van der Waals surface area contributed by atoms with Crippen LogP contribution in [0.5, 0.6) is 0 Å². The number of hydrogen-bond donors (Lipinski definition) is 2. The van der Waals surface area contributed by atoms with E-state index in [1.807, 2.05) is 29.6 Å². The zero-order chi connectivity index (χ0) is 12.1. The summed E-state index contributed by atoms with van der Waals surface area (Å²) in [6.45, 7) is 0. The summed E-state index contributed by atoms with van der Waals surface area (Å²) in [5, 5.41) is 9.49. The summed E-state index contributed by atoms with van der Waals surface area (Å²) in [6.07, 6.45) is 1.51. The van der Waals surface area contributed by atoms with Crippen LogP contribution in [0.1, 0.15) is 5.56 Å². The molecule has 2 amide bonds. The van der Waals surface area contributed by atoms with Gasteiger partial charge in [-0.3, -0.25) is 0 Å². The smallest absolute Gasteiger partial charge is 0.332 e. The summed E-state index contributed by atoms with van der Waals surface area (Å²) in [4.78, 5) is 10.4. The second-order valence-corrected chi connectivity index (χ2v) is 3.76. The van der Waals surface area contributed by atoms with Gasteiger partial charge in [0.25, 0.3) is 0 Å². The van der Waals surface area contributed by atoms with E-state index in [1.165, 1.54) is 17.7 Å². The lowest BCUT2D eigenvalue weighted by molar-refractivity contribution is 0.249. The largest absolute Gasteiger partial charge is 0.350 e. The average Bonchev–Trinajstić information content (AvgIpc) is 2.83. The Morgan fingerprint density at radius 1 is 1.41 bits per heavy atom. The number of benzene rings is 1. The molecule has 0 aliphatic carbocycles. The summed E-state index contributed by atoms with van der Waals surface area (Å²) in [5.74, 6) is 0. The number of carbonyl (C=O) groups is 1. The number of primary amides is 1. The molecule has 0 fully saturated rings. The van der Waals surface area contributed by atoms with Gasteiger partial charge in [0.1, 0.15) is 5.69 Å². The summed E-state index contributed by atoms with van der Waals surface area (Å²) in [6, 6.07) is 6.85. The predicted octanol–water partition coefficient (Wildman–Crippen LogP) is 1.21. The molecule has 86 valence electrons. The molecule has 2 aromatic rings. The first-order valence-corrected chi connectivity index (χ1v) is 5.55. The normalized spacial score (nSPS) is 10.6. The highest BCUT2D eigenvalue weighted by atomic mass is 32.1. The Hall–Kier alpha value is -2.28. The Bertz CT molecular complexity index is 520. The van der Waals surface area contributed by atoms with Crippen LogP contribution in [0.2, 0.25) is 0 Å². The number of aromatic nitrogens is 2. The fourth-order valence-corrected chi connectivity index (χ4v) is 1.67. The zero-order valence-electron chi connectivity index (χ0n) is 8.70. The first-order valence-electron chi connectivity index (χ1n) is 4.72. The maximum atomic E-state index is 10.4. The number of rotatable bonds is 3. The number of nitrogens with zero attached hydrogens (tertiary/aromatic N) is 3. The van der Waals surface area contributed by atoms with Crippen molar-refractivity contribution in [3.05, 3.63) is 35.2 Å². The third kappa shape index (κ3) is 3.08. The number of carbonyl (C=O) groups excluding carboxylic acids is 1. The van der Waals surface area contributed by atoms with Crippen LogP contribution in [-0.4, -0.2) is 21.8 Å². The minimum absolute atomic E-state index is 0.689. The summed E-state index contributed by atoms with van der Waals surface area (Å²) < 4.78 is 3.79. The second kappa shape index (κ2) is 5.17. The van der Waals surface area contributed by atoms with Crippen LogP contribution in [0.15, 0.2) is 34.7 Å². The quantitative estimate of drug-likeness (QED) is 0.630. The van der Waals surface area contributed by atoms with E-state index in [0.717, 1.165) is 16.8 Å². The molecule has 0 saturated carbocycles. The lowest BCUT2D eigenvalue weighted by Crippen LogP contribution is -2.24. The second-order valence-electron chi connectivity index (χ2n) is 3.15. The van der Waals surface area contributed by atoms with Crippen LogP contribution in [-0.2, 0) is 0 Å². The van der Waals surface area contributed by atoms with Crippen molar-refractivity contribution in [2.75, 3.05) is 0 Å². The van der Waals surface area contributed by atoms with Crippen LogP contribution >= 0.6 is 11.5 Å². The van der Waals surface area contributed by atoms with E-state index >= 15 is 0 Å². The molecule has 0 saturated heterocycles. The van der Waals surface area contributed by atoms with Crippen LogP contribution in [0, 0.1) is 0 Å². The molecule has 0 radical (unpaired) electrons. The minimum atomic E-state index is -0.689.